The Kier molecular flexibility index (Phi) is 5.79. The monoisotopic (exact) mass is 379 g/mol. The smallest absolute Gasteiger partial charge is 0.276 e. The second-order valence-corrected chi connectivity index (χ2v) is 6.93. The van der Waals surface area contributed by atoms with E-state index in [0.29, 0.717) is 33.3 Å². The van der Waals surface area contributed by atoms with E-state index in [9.17, 15) is 0 Å². The molecular formula is C17H15Cl2N3OS. The minimum Gasteiger partial charge on any atom is -0.414 e. The van der Waals surface area contributed by atoms with Gasteiger partial charge in [0.05, 0.1) is 6.04 Å². The van der Waals surface area contributed by atoms with Crippen LogP contribution in [0.1, 0.15) is 23.1 Å². The lowest BCUT2D eigenvalue weighted by Gasteiger charge is -2.06. The van der Waals surface area contributed by atoms with Crippen molar-refractivity contribution >= 4 is 35.0 Å². The number of nitrogens with two attached hydrogens (primary N) is 1. The zero-order valence-electron chi connectivity index (χ0n) is 12.7. The maximum atomic E-state index is 6.16. The van der Waals surface area contributed by atoms with Crippen LogP contribution in [0.2, 0.25) is 10.0 Å². The predicted molar refractivity (Wildman–Crippen MR) is 97.4 cm³/mol. The summed E-state index contributed by atoms with van der Waals surface area (Å²) in [5, 5.41) is 9.76. The summed E-state index contributed by atoms with van der Waals surface area (Å²) >= 11 is 13.7. The summed E-state index contributed by atoms with van der Waals surface area (Å²) in [4.78, 5) is 0. The summed E-state index contributed by atoms with van der Waals surface area (Å²) < 4.78 is 5.65. The molecule has 0 aliphatic rings. The normalized spacial score (nSPS) is 12.3. The molecule has 0 radical (unpaired) electrons. The van der Waals surface area contributed by atoms with Gasteiger partial charge in [-0.1, -0.05) is 71.4 Å². The van der Waals surface area contributed by atoms with Gasteiger partial charge in [-0.2, -0.15) is 0 Å². The van der Waals surface area contributed by atoms with Gasteiger partial charge < -0.3 is 10.2 Å². The van der Waals surface area contributed by atoms with E-state index < -0.39 is 0 Å². The summed E-state index contributed by atoms with van der Waals surface area (Å²) in [6, 6.07) is 15.0. The SMILES string of the molecule is N[C@H](Cc1ccccc1)c1nnc(SCc2c(Cl)cccc2Cl)o1. The van der Waals surface area contributed by atoms with Crippen molar-refractivity contribution in [3.8, 4) is 0 Å². The molecule has 24 heavy (non-hydrogen) atoms. The van der Waals surface area contributed by atoms with Gasteiger partial charge >= 0.3 is 0 Å². The van der Waals surface area contributed by atoms with Crippen LogP contribution in [0.5, 0.6) is 0 Å². The molecule has 0 saturated carbocycles. The predicted octanol–water partition coefficient (Wildman–Crippen LogP) is 4.91. The Morgan fingerprint density at radius 3 is 2.42 bits per heavy atom. The highest BCUT2D eigenvalue weighted by Crippen LogP contribution is 2.31. The number of nitrogens with zero attached hydrogens (tertiary/aromatic N) is 2. The molecule has 0 fully saturated rings. The van der Waals surface area contributed by atoms with Crippen molar-refractivity contribution in [2.75, 3.05) is 0 Å². The fraction of sp³-hybridized carbons (Fsp3) is 0.176. The molecule has 0 aliphatic heterocycles. The Labute approximate surface area is 154 Å². The number of rotatable bonds is 6. The lowest BCUT2D eigenvalue weighted by Crippen LogP contribution is -2.13. The van der Waals surface area contributed by atoms with Gasteiger partial charge in [-0.15, -0.1) is 10.2 Å². The molecule has 0 spiro atoms. The van der Waals surface area contributed by atoms with Gasteiger partial charge in [0.1, 0.15) is 0 Å². The molecule has 1 heterocycles. The van der Waals surface area contributed by atoms with E-state index in [0.717, 1.165) is 11.1 Å². The number of hydrogen-bond acceptors (Lipinski definition) is 5. The molecule has 1 atom stereocenters. The number of aromatic nitrogens is 2. The Bertz CT molecular complexity index is 790. The second-order valence-electron chi connectivity index (χ2n) is 5.19. The molecule has 0 saturated heterocycles. The van der Waals surface area contributed by atoms with Crippen molar-refractivity contribution in [2.24, 2.45) is 5.73 Å². The van der Waals surface area contributed by atoms with E-state index in [1.54, 1.807) is 12.1 Å². The summed E-state index contributed by atoms with van der Waals surface area (Å²) in [5.74, 6) is 0.972. The standard InChI is InChI=1S/C17H15Cl2N3OS/c18-13-7-4-8-14(19)12(13)10-24-17-22-21-16(23-17)15(20)9-11-5-2-1-3-6-11/h1-8,15H,9-10,20H2/t15-/m1/s1. The largest absolute Gasteiger partial charge is 0.414 e. The Balaban J connectivity index is 1.63. The molecule has 0 aliphatic carbocycles. The highest BCUT2D eigenvalue weighted by molar-refractivity contribution is 7.98. The van der Waals surface area contributed by atoms with E-state index in [-0.39, 0.29) is 6.04 Å². The first kappa shape index (κ1) is 17.3. The van der Waals surface area contributed by atoms with Crippen molar-refractivity contribution in [2.45, 2.75) is 23.4 Å². The zero-order chi connectivity index (χ0) is 16.9. The van der Waals surface area contributed by atoms with Gasteiger partial charge in [-0.25, -0.2) is 0 Å². The molecule has 3 aromatic rings. The van der Waals surface area contributed by atoms with Crippen LogP contribution in [0.4, 0.5) is 0 Å². The number of halogens is 2. The van der Waals surface area contributed by atoms with Crippen molar-refractivity contribution in [3.05, 3.63) is 75.6 Å². The van der Waals surface area contributed by atoms with Crippen LogP contribution in [-0.2, 0) is 12.2 Å². The average molecular weight is 380 g/mol. The fourth-order valence-corrected chi connectivity index (χ4v) is 3.70. The van der Waals surface area contributed by atoms with Crippen LogP contribution in [0.3, 0.4) is 0 Å². The third-order valence-corrected chi connectivity index (χ3v) is 4.99. The number of hydrogen-bond donors (Lipinski definition) is 1. The maximum Gasteiger partial charge on any atom is 0.276 e. The Morgan fingerprint density at radius 1 is 1.00 bits per heavy atom. The molecule has 3 rings (SSSR count). The van der Waals surface area contributed by atoms with Gasteiger partial charge in [-0.3, -0.25) is 0 Å². The third kappa shape index (κ3) is 4.30. The zero-order valence-corrected chi connectivity index (χ0v) is 15.0. The van der Waals surface area contributed by atoms with Crippen LogP contribution in [-0.4, -0.2) is 10.2 Å². The van der Waals surface area contributed by atoms with E-state index in [1.165, 1.54) is 11.8 Å². The van der Waals surface area contributed by atoms with Crippen LogP contribution >= 0.6 is 35.0 Å². The Morgan fingerprint density at radius 2 is 1.71 bits per heavy atom. The minimum atomic E-state index is -0.335. The highest BCUT2D eigenvalue weighted by atomic mass is 35.5. The third-order valence-electron chi connectivity index (χ3n) is 3.44. The second kappa shape index (κ2) is 8.03. The van der Waals surface area contributed by atoms with Gasteiger partial charge in [-0.05, 0) is 29.7 Å². The van der Waals surface area contributed by atoms with Crippen LogP contribution in [0, 0.1) is 0 Å². The lowest BCUT2D eigenvalue weighted by molar-refractivity contribution is 0.385. The molecular weight excluding hydrogens is 365 g/mol. The number of benzene rings is 2. The fourth-order valence-electron chi connectivity index (χ4n) is 2.19. The van der Waals surface area contributed by atoms with Gasteiger partial charge in [0, 0.05) is 15.8 Å². The van der Waals surface area contributed by atoms with Crippen molar-refractivity contribution in [1.82, 2.24) is 10.2 Å². The van der Waals surface area contributed by atoms with Crippen LogP contribution in [0.15, 0.2) is 58.2 Å². The molecule has 2 N–H and O–H groups in total. The number of thioether (sulfide) groups is 1. The topological polar surface area (TPSA) is 64.9 Å². The molecule has 2 aromatic carbocycles. The van der Waals surface area contributed by atoms with Gasteiger partial charge in [0.25, 0.3) is 5.22 Å². The molecule has 7 heteroatoms. The quantitative estimate of drug-likeness (QED) is 0.616. The average Bonchev–Trinajstić information content (AvgIpc) is 3.04. The molecule has 0 amide bonds. The Hall–Kier alpha value is -1.53. The molecule has 0 bridgehead atoms. The first-order valence-electron chi connectivity index (χ1n) is 7.32. The van der Waals surface area contributed by atoms with E-state index in [2.05, 4.69) is 10.2 Å². The van der Waals surface area contributed by atoms with E-state index in [1.807, 2.05) is 36.4 Å². The first-order chi connectivity index (χ1) is 11.6. The lowest BCUT2D eigenvalue weighted by atomic mass is 10.1. The summed E-state index contributed by atoms with van der Waals surface area (Å²) in [6.45, 7) is 0. The molecule has 0 unspecified atom stereocenters. The van der Waals surface area contributed by atoms with E-state index >= 15 is 0 Å². The van der Waals surface area contributed by atoms with Crippen molar-refractivity contribution in [1.29, 1.82) is 0 Å². The van der Waals surface area contributed by atoms with Crippen molar-refractivity contribution < 1.29 is 4.42 Å². The summed E-state index contributed by atoms with van der Waals surface area (Å²) in [6.07, 6.45) is 0.642. The maximum absolute atomic E-state index is 6.16. The van der Waals surface area contributed by atoms with Gasteiger partial charge in [0.15, 0.2) is 0 Å². The van der Waals surface area contributed by atoms with Crippen LogP contribution < -0.4 is 5.73 Å². The van der Waals surface area contributed by atoms with Crippen molar-refractivity contribution in [3.63, 3.8) is 0 Å². The molecule has 4 nitrogen and oxygen atoms in total. The van der Waals surface area contributed by atoms with Crippen LogP contribution in [0.25, 0.3) is 0 Å². The molecule has 124 valence electrons. The highest BCUT2D eigenvalue weighted by Gasteiger charge is 2.16. The van der Waals surface area contributed by atoms with E-state index in [4.69, 9.17) is 33.4 Å². The summed E-state index contributed by atoms with van der Waals surface area (Å²) in [5.41, 5.74) is 8.12. The first-order valence-corrected chi connectivity index (χ1v) is 9.06. The minimum absolute atomic E-state index is 0.335. The summed E-state index contributed by atoms with van der Waals surface area (Å²) in [7, 11) is 0. The van der Waals surface area contributed by atoms with Gasteiger partial charge in [0.2, 0.25) is 5.89 Å². The molecule has 1 aromatic heterocycles.